The lowest BCUT2D eigenvalue weighted by molar-refractivity contribution is -0.122. The zero-order valence-electron chi connectivity index (χ0n) is 9.21. The summed E-state index contributed by atoms with van der Waals surface area (Å²) in [4.78, 5) is 11.4. The van der Waals surface area contributed by atoms with Gasteiger partial charge >= 0.3 is 0 Å². The fourth-order valence-corrected chi connectivity index (χ4v) is 1.64. The summed E-state index contributed by atoms with van der Waals surface area (Å²) < 4.78 is 6.53. The minimum atomic E-state index is 0.00833. The van der Waals surface area contributed by atoms with Crippen molar-refractivity contribution in [1.29, 1.82) is 0 Å². The first kappa shape index (κ1) is 12.2. The number of nitrogens with zero attached hydrogens (tertiary/aromatic N) is 2. The number of Topliss-reactive ketones (excluding diaryl/α,β-unsaturated/α-hetero) is 1. The summed E-state index contributed by atoms with van der Waals surface area (Å²) in [5.74, 6) is 0.00833. The first-order valence-corrected chi connectivity index (χ1v) is 5.20. The number of carbonyl (C=O) groups excluding carboxylic acids is 1. The lowest BCUT2D eigenvalue weighted by Gasteiger charge is -2.04. The highest BCUT2D eigenvalue weighted by Crippen LogP contribution is 2.20. The molecule has 5 heteroatoms. The summed E-state index contributed by atoms with van der Waals surface area (Å²) in [6.45, 7) is 4.62. The topological polar surface area (TPSA) is 44.1 Å². The monoisotopic (exact) mass is 230 g/mol. The second kappa shape index (κ2) is 5.28. The highest BCUT2D eigenvalue weighted by Gasteiger charge is 2.15. The predicted octanol–water partition coefficient (Wildman–Crippen LogP) is 1.62. The third kappa shape index (κ3) is 2.79. The lowest BCUT2D eigenvalue weighted by atomic mass is 10.2. The fraction of sp³-hybridized carbons (Fsp3) is 0.600. The van der Waals surface area contributed by atoms with Gasteiger partial charge in [-0.15, -0.1) is 0 Å². The first-order chi connectivity index (χ1) is 7.10. The molecule has 0 amide bonds. The molecule has 0 unspecified atom stereocenters. The van der Waals surface area contributed by atoms with Crippen LogP contribution in [-0.2, 0) is 22.5 Å². The number of aryl methyl sites for hydroxylation is 2. The van der Waals surface area contributed by atoms with Gasteiger partial charge in [-0.05, 0) is 13.8 Å². The second-order valence-electron chi connectivity index (χ2n) is 3.31. The fourth-order valence-electron chi connectivity index (χ4n) is 1.44. The Morgan fingerprint density at radius 2 is 2.27 bits per heavy atom. The molecule has 0 aromatic carbocycles. The van der Waals surface area contributed by atoms with E-state index >= 15 is 0 Å². The van der Waals surface area contributed by atoms with E-state index in [0.29, 0.717) is 11.6 Å². The third-order valence-electron chi connectivity index (χ3n) is 2.12. The summed E-state index contributed by atoms with van der Waals surface area (Å²) in [6.07, 6.45) is 0.279. The smallest absolute Gasteiger partial charge is 0.164 e. The van der Waals surface area contributed by atoms with Crippen LogP contribution in [0, 0.1) is 6.92 Å². The Hall–Kier alpha value is -0.870. The predicted molar refractivity (Wildman–Crippen MR) is 58.2 cm³/mol. The molecule has 4 nitrogen and oxygen atoms in total. The Morgan fingerprint density at radius 3 is 2.80 bits per heavy atom. The molecule has 0 aliphatic rings. The summed E-state index contributed by atoms with van der Waals surface area (Å²) in [6, 6.07) is 0. The van der Waals surface area contributed by atoms with Crippen LogP contribution in [0.5, 0.6) is 0 Å². The molecular weight excluding hydrogens is 216 g/mol. The highest BCUT2D eigenvalue weighted by molar-refractivity contribution is 6.32. The van der Waals surface area contributed by atoms with E-state index in [-0.39, 0.29) is 18.8 Å². The van der Waals surface area contributed by atoms with Crippen LogP contribution >= 0.6 is 11.6 Å². The number of ether oxygens (including phenoxy) is 1. The van der Waals surface area contributed by atoms with Gasteiger partial charge in [-0.1, -0.05) is 11.6 Å². The zero-order chi connectivity index (χ0) is 11.4. The van der Waals surface area contributed by atoms with Crippen LogP contribution in [0.25, 0.3) is 0 Å². The Kier molecular flexibility index (Phi) is 4.29. The molecule has 0 radical (unpaired) electrons. The minimum Gasteiger partial charge on any atom is -0.377 e. The highest BCUT2D eigenvalue weighted by atomic mass is 35.5. The molecule has 0 aliphatic carbocycles. The Balaban J connectivity index is 2.87. The van der Waals surface area contributed by atoms with Crippen molar-refractivity contribution < 1.29 is 9.53 Å². The van der Waals surface area contributed by atoms with Gasteiger partial charge in [0.1, 0.15) is 6.61 Å². The molecule has 1 aromatic heterocycles. The van der Waals surface area contributed by atoms with Crippen LogP contribution in [0.3, 0.4) is 0 Å². The molecule has 0 bridgehead atoms. The average Bonchev–Trinajstić information content (AvgIpc) is 2.46. The van der Waals surface area contributed by atoms with Gasteiger partial charge in [-0.2, -0.15) is 5.10 Å². The molecule has 0 aliphatic heterocycles. The van der Waals surface area contributed by atoms with Gasteiger partial charge in [0.05, 0.1) is 22.8 Å². The zero-order valence-corrected chi connectivity index (χ0v) is 9.97. The van der Waals surface area contributed by atoms with Gasteiger partial charge in [0.15, 0.2) is 5.78 Å². The summed E-state index contributed by atoms with van der Waals surface area (Å²) >= 11 is 6.06. The first-order valence-electron chi connectivity index (χ1n) is 4.82. The van der Waals surface area contributed by atoms with Crippen molar-refractivity contribution in [3.05, 3.63) is 16.4 Å². The van der Waals surface area contributed by atoms with E-state index in [0.717, 1.165) is 11.4 Å². The van der Waals surface area contributed by atoms with E-state index in [1.54, 1.807) is 4.68 Å². The van der Waals surface area contributed by atoms with Gasteiger partial charge < -0.3 is 4.74 Å². The molecule has 0 N–H and O–H groups in total. The molecule has 15 heavy (non-hydrogen) atoms. The number of aromatic nitrogens is 2. The van der Waals surface area contributed by atoms with Crippen LogP contribution in [0.15, 0.2) is 0 Å². The number of carbonyl (C=O) groups is 1. The van der Waals surface area contributed by atoms with Crippen molar-refractivity contribution in [2.45, 2.75) is 26.8 Å². The molecule has 1 rings (SSSR count). The number of hydrogen-bond donors (Lipinski definition) is 0. The van der Waals surface area contributed by atoms with Gasteiger partial charge in [-0.25, -0.2) is 0 Å². The van der Waals surface area contributed by atoms with Crippen LogP contribution in [0.1, 0.15) is 18.3 Å². The molecule has 1 aromatic rings. The third-order valence-corrected chi connectivity index (χ3v) is 2.61. The Bertz CT molecular complexity index is 361. The molecule has 1 heterocycles. The van der Waals surface area contributed by atoms with E-state index in [1.165, 1.54) is 7.11 Å². The maximum absolute atomic E-state index is 11.4. The van der Waals surface area contributed by atoms with Crippen molar-refractivity contribution >= 4 is 17.4 Å². The number of methoxy groups -OCH3 is 1. The largest absolute Gasteiger partial charge is 0.377 e. The van der Waals surface area contributed by atoms with E-state index < -0.39 is 0 Å². The standard InChI is InChI=1S/C10H15ClN2O2/c1-4-13-9(5-8(14)6-15-3)10(11)7(2)12-13/h4-6H2,1-3H3. The number of ketones is 1. The van der Waals surface area contributed by atoms with Gasteiger partial charge in [0, 0.05) is 13.7 Å². The normalized spacial score (nSPS) is 10.7. The second-order valence-corrected chi connectivity index (χ2v) is 3.69. The maximum atomic E-state index is 11.4. The van der Waals surface area contributed by atoms with Crippen molar-refractivity contribution in [3.63, 3.8) is 0 Å². The van der Waals surface area contributed by atoms with Gasteiger partial charge in [-0.3, -0.25) is 9.48 Å². The summed E-state index contributed by atoms with van der Waals surface area (Å²) in [7, 11) is 1.50. The molecule has 0 saturated carbocycles. The number of hydrogen-bond acceptors (Lipinski definition) is 3. The lowest BCUT2D eigenvalue weighted by Crippen LogP contribution is -2.13. The van der Waals surface area contributed by atoms with Crippen LogP contribution in [-0.4, -0.2) is 29.3 Å². The number of rotatable bonds is 5. The van der Waals surface area contributed by atoms with Crippen LogP contribution in [0.4, 0.5) is 0 Å². The molecule has 0 spiro atoms. The molecule has 0 saturated heterocycles. The van der Waals surface area contributed by atoms with Crippen molar-refractivity contribution in [2.75, 3.05) is 13.7 Å². The van der Waals surface area contributed by atoms with Crippen molar-refractivity contribution in [2.24, 2.45) is 0 Å². The van der Waals surface area contributed by atoms with E-state index in [2.05, 4.69) is 5.10 Å². The minimum absolute atomic E-state index is 0.00833. The number of halogens is 1. The quantitative estimate of drug-likeness (QED) is 0.772. The van der Waals surface area contributed by atoms with E-state index in [1.807, 2.05) is 13.8 Å². The van der Waals surface area contributed by atoms with Crippen LogP contribution < -0.4 is 0 Å². The SMILES string of the molecule is CCn1nc(C)c(Cl)c1CC(=O)COC. The molecular formula is C10H15ClN2O2. The molecule has 0 atom stereocenters. The average molecular weight is 231 g/mol. The van der Waals surface area contributed by atoms with E-state index in [9.17, 15) is 4.79 Å². The van der Waals surface area contributed by atoms with E-state index in [4.69, 9.17) is 16.3 Å². The Morgan fingerprint density at radius 1 is 1.60 bits per heavy atom. The van der Waals surface area contributed by atoms with Gasteiger partial charge in [0.25, 0.3) is 0 Å². The summed E-state index contributed by atoms with van der Waals surface area (Å²) in [5.41, 5.74) is 1.54. The molecule has 0 fully saturated rings. The van der Waals surface area contributed by atoms with Crippen molar-refractivity contribution in [1.82, 2.24) is 9.78 Å². The van der Waals surface area contributed by atoms with Gasteiger partial charge in [0.2, 0.25) is 0 Å². The van der Waals surface area contributed by atoms with Crippen molar-refractivity contribution in [3.8, 4) is 0 Å². The summed E-state index contributed by atoms with van der Waals surface area (Å²) in [5, 5.41) is 4.82. The maximum Gasteiger partial charge on any atom is 0.164 e. The molecule has 84 valence electrons. The Labute approximate surface area is 94.2 Å². The van der Waals surface area contributed by atoms with Crippen LogP contribution in [0.2, 0.25) is 5.02 Å².